The number of hydrogen-bond acceptors (Lipinski definition) is 7. The van der Waals surface area contributed by atoms with Crippen molar-refractivity contribution in [1.82, 2.24) is 15.1 Å². The van der Waals surface area contributed by atoms with Gasteiger partial charge in [-0.15, -0.1) is 0 Å². The Morgan fingerprint density at radius 2 is 1.27 bits per heavy atom. The van der Waals surface area contributed by atoms with Crippen molar-refractivity contribution in [3.05, 3.63) is 47.0 Å². The van der Waals surface area contributed by atoms with Gasteiger partial charge in [0.25, 0.3) is 0 Å². The molecule has 1 aromatic carbocycles. The van der Waals surface area contributed by atoms with Crippen LogP contribution < -0.4 is 5.32 Å². The maximum absolute atomic E-state index is 14.5. The second-order valence-electron chi connectivity index (χ2n) is 16.4. The highest BCUT2D eigenvalue weighted by atomic mass is 16.6. The van der Waals surface area contributed by atoms with Gasteiger partial charge in [0.05, 0.1) is 11.6 Å². The molecule has 11 heteroatoms. The first-order valence-electron chi connectivity index (χ1n) is 16.3. The number of rotatable bonds is 11. The zero-order valence-electron chi connectivity index (χ0n) is 31.9. The number of aliphatic carboxylic acids is 1. The van der Waals surface area contributed by atoms with E-state index in [4.69, 9.17) is 9.47 Å². The van der Waals surface area contributed by atoms with Crippen LogP contribution in [0.25, 0.3) is 0 Å². The molecular formula is C37H59N3O8. The van der Waals surface area contributed by atoms with E-state index in [9.17, 15) is 29.1 Å². The second-order valence-corrected chi connectivity index (χ2v) is 16.4. The quantitative estimate of drug-likeness (QED) is 0.209. The zero-order valence-corrected chi connectivity index (χ0v) is 31.9. The standard InChI is InChI=1S/C37H59N3O8/c1-22(2)26(21-23(3)31(43)44)39(15)30(42)27(34(4,5)6)38-29(41)28(40(16)33(46)48-36(10,11)12)37(13,14)25-19-17-24(18-20-25)32(45)47-35(7,8)9/h17-22,26-28H,1-16H3,(H,38,41)(H,43,44)/b23-21+. The fraction of sp³-hybridized carbons (Fsp3) is 0.649. The summed E-state index contributed by atoms with van der Waals surface area (Å²) in [5, 5.41) is 12.4. The molecule has 48 heavy (non-hydrogen) atoms. The summed E-state index contributed by atoms with van der Waals surface area (Å²) in [5.74, 6) is -2.71. The van der Waals surface area contributed by atoms with Crippen molar-refractivity contribution in [2.75, 3.05) is 14.1 Å². The van der Waals surface area contributed by atoms with Crippen LogP contribution in [0.15, 0.2) is 35.9 Å². The number of carbonyl (C=O) groups excluding carboxylic acids is 4. The van der Waals surface area contributed by atoms with Crippen molar-refractivity contribution in [2.45, 2.75) is 132 Å². The number of carboxylic acids is 1. The van der Waals surface area contributed by atoms with Crippen LogP contribution in [-0.4, -0.2) is 88.2 Å². The Bertz CT molecular complexity index is 1360. The zero-order chi connectivity index (χ0) is 37.7. The van der Waals surface area contributed by atoms with E-state index in [2.05, 4.69) is 5.32 Å². The van der Waals surface area contributed by atoms with Gasteiger partial charge >= 0.3 is 18.0 Å². The summed E-state index contributed by atoms with van der Waals surface area (Å²) in [4.78, 5) is 69.0. The SMILES string of the molecule is C/C(=C\C(C(C)C)N(C)C(=O)C(NC(=O)C(N(C)C(=O)OC(C)(C)C)C(C)(C)c1ccc(C(=O)OC(C)(C)C)cc1)C(C)(C)C)C(=O)O. The predicted molar refractivity (Wildman–Crippen MR) is 187 cm³/mol. The van der Waals surface area contributed by atoms with Crippen LogP contribution >= 0.6 is 0 Å². The lowest BCUT2D eigenvalue weighted by Crippen LogP contribution is -2.63. The lowest BCUT2D eigenvalue weighted by Gasteiger charge is -2.42. The summed E-state index contributed by atoms with van der Waals surface area (Å²) in [6, 6.07) is 3.88. The first-order chi connectivity index (χ1) is 21.5. The average Bonchev–Trinajstić information content (AvgIpc) is 2.90. The highest BCUT2D eigenvalue weighted by molar-refractivity contribution is 5.93. The monoisotopic (exact) mass is 673 g/mol. The fourth-order valence-electron chi connectivity index (χ4n) is 5.26. The lowest BCUT2D eigenvalue weighted by molar-refractivity contribution is -0.142. The summed E-state index contributed by atoms with van der Waals surface area (Å²) in [7, 11) is 3.06. The molecule has 2 N–H and O–H groups in total. The van der Waals surface area contributed by atoms with E-state index in [0.29, 0.717) is 11.1 Å². The van der Waals surface area contributed by atoms with Crippen molar-refractivity contribution in [3.63, 3.8) is 0 Å². The van der Waals surface area contributed by atoms with Crippen LogP contribution in [0.2, 0.25) is 0 Å². The van der Waals surface area contributed by atoms with Gasteiger partial charge in [0.15, 0.2) is 0 Å². The Kier molecular flexibility index (Phi) is 13.7. The number of ether oxygens (including phenoxy) is 2. The smallest absolute Gasteiger partial charge is 0.410 e. The number of carboxylic acid groups (broad SMARTS) is 1. The van der Waals surface area contributed by atoms with Gasteiger partial charge in [0, 0.05) is 25.1 Å². The van der Waals surface area contributed by atoms with Gasteiger partial charge in [-0.1, -0.05) is 66.7 Å². The Hall–Kier alpha value is -3.89. The highest BCUT2D eigenvalue weighted by Crippen LogP contribution is 2.33. The minimum Gasteiger partial charge on any atom is -0.478 e. The van der Waals surface area contributed by atoms with Gasteiger partial charge in [-0.25, -0.2) is 14.4 Å². The van der Waals surface area contributed by atoms with Crippen LogP contribution in [0.4, 0.5) is 4.79 Å². The van der Waals surface area contributed by atoms with Crippen molar-refractivity contribution >= 4 is 29.8 Å². The Morgan fingerprint density at radius 1 is 0.792 bits per heavy atom. The maximum Gasteiger partial charge on any atom is 0.410 e. The number of nitrogens with one attached hydrogen (secondary N) is 1. The van der Waals surface area contributed by atoms with Gasteiger partial charge in [-0.05, 0) is 77.5 Å². The molecule has 0 radical (unpaired) electrons. The van der Waals surface area contributed by atoms with Gasteiger partial charge in [-0.3, -0.25) is 14.5 Å². The Labute approximate surface area is 287 Å². The molecule has 0 saturated heterocycles. The number of carbonyl (C=O) groups is 5. The molecule has 1 rings (SSSR count). The molecule has 0 heterocycles. The molecule has 0 aliphatic rings. The average molecular weight is 674 g/mol. The van der Waals surface area contributed by atoms with E-state index in [1.807, 2.05) is 34.6 Å². The van der Waals surface area contributed by atoms with Gasteiger partial charge in [0.1, 0.15) is 23.3 Å². The maximum atomic E-state index is 14.5. The van der Waals surface area contributed by atoms with Crippen molar-refractivity contribution < 1.29 is 38.6 Å². The van der Waals surface area contributed by atoms with Gasteiger partial charge in [0.2, 0.25) is 11.8 Å². The van der Waals surface area contributed by atoms with E-state index >= 15 is 0 Å². The third-order valence-electron chi connectivity index (χ3n) is 7.90. The number of nitrogens with zero attached hydrogens (tertiary/aromatic N) is 2. The molecule has 0 spiro atoms. The molecule has 11 nitrogen and oxygen atoms in total. The van der Waals surface area contributed by atoms with E-state index in [1.54, 1.807) is 86.7 Å². The summed E-state index contributed by atoms with van der Waals surface area (Å²) >= 11 is 0. The summed E-state index contributed by atoms with van der Waals surface area (Å²) in [5.41, 5.74) is -2.27. The third-order valence-corrected chi connectivity index (χ3v) is 7.90. The third kappa shape index (κ3) is 11.7. The van der Waals surface area contributed by atoms with Gasteiger partial charge < -0.3 is 24.8 Å². The van der Waals surface area contributed by atoms with E-state index in [0.717, 1.165) is 0 Å². The first-order valence-corrected chi connectivity index (χ1v) is 16.3. The largest absolute Gasteiger partial charge is 0.478 e. The van der Waals surface area contributed by atoms with E-state index in [1.165, 1.54) is 29.8 Å². The van der Waals surface area contributed by atoms with Crippen LogP contribution in [0.1, 0.15) is 113 Å². The van der Waals surface area contributed by atoms with Crippen LogP contribution in [0.5, 0.6) is 0 Å². The molecule has 0 aromatic heterocycles. The molecule has 3 unspecified atom stereocenters. The van der Waals surface area contributed by atoms with Crippen LogP contribution in [-0.2, 0) is 29.3 Å². The van der Waals surface area contributed by atoms with Gasteiger partial charge in [-0.2, -0.15) is 0 Å². The molecular weight excluding hydrogens is 614 g/mol. The number of likely N-dealkylation sites (N-methyl/N-ethyl adjacent to an activating group) is 2. The molecule has 3 amide bonds. The number of hydrogen-bond donors (Lipinski definition) is 2. The van der Waals surface area contributed by atoms with E-state index in [-0.39, 0.29) is 11.5 Å². The number of benzene rings is 1. The summed E-state index contributed by atoms with van der Waals surface area (Å²) < 4.78 is 11.1. The van der Waals surface area contributed by atoms with Crippen molar-refractivity contribution in [3.8, 4) is 0 Å². The molecule has 270 valence electrons. The summed E-state index contributed by atoms with van der Waals surface area (Å²) in [6.45, 7) is 24.8. The minimum absolute atomic E-state index is 0.100. The molecule has 0 aliphatic carbocycles. The lowest BCUT2D eigenvalue weighted by atomic mass is 9.76. The fourth-order valence-corrected chi connectivity index (χ4v) is 5.26. The molecule has 0 aliphatic heterocycles. The molecule has 3 atom stereocenters. The molecule has 1 aromatic rings. The minimum atomic E-state index is -1.17. The topological polar surface area (TPSA) is 143 Å². The highest BCUT2D eigenvalue weighted by Gasteiger charge is 2.46. The molecule has 0 fully saturated rings. The predicted octanol–water partition coefficient (Wildman–Crippen LogP) is 6.20. The Morgan fingerprint density at radius 3 is 1.67 bits per heavy atom. The normalized spacial score (nSPS) is 14.8. The summed E-state index contributed by atoms with van der Waals surface area (Å²) in [6.07, 6.45) is 0.807. The Balaban J connectivity index is 3.70. The number of esters is 1. The van der Waals surface area contributed by atoms with Crippen LogP contribution in [0.3, 0.4) is 0 Å². The van der Waals surface area contributed by atoms with Crippen molar-refractivity contribution in [1.29, 1.82) is 0 Å². The van der Waals surface area contributed by atoms with Crippen LogP contribution in [0, 0.1) is 11.3 Å². The second kappa shape index (κ2) is 15.6. The van der Waals surface area contributed by atoms with E-state index < -0.39 is 70.0 Å². The molecule has 0 saturated carbocycles. The molecule has 0 bridgehead atoms. The first kappa shape index (κ1) is 42.1. The van der Waals surface area contributed by atoms with Crippen molar-refractivity contribution in [2.24, 2.45) is 11.3 Å². The number of amides is 3.